The van der Waals surface area contributed by atoms with Gasteiger partial charge in [-0.1, -0.05) is 105 Å². The van der Waals surface area contributed by atoms with Crippen LogP contribution in [0.2, 0.25) is 0 Å². The van der Waals surface area contributed by atoms with E-state index >= 15 is 0 Å². The summed E-state index contributed by atoms with van der Waals surface area (Å²) in [7, 11) is 1.26. The summed E-state index contributed by atoms with van der Waals surface area (Å²) in [4.78, 5) is 51.4. The molecule has 3 aromatic rings. The Balaban J connectivity index is 2.01. The minimum absolute atomic E-state index is 0.155. The van der Waals surface area contributed by atoms with E-state index in [1.54, 1.807) is 6.92 Å². The topological polar surface area (TPSA) is 102 Å². The van der Waals surface area contributed by atoms with Crippen LogP contribution in [0, 0.1) is 5.92 Å². The number of rotatable bonds is 13. The van der Waals surface area contributed by atoms with E-state index in [1.807, 2.05) is 97.9 Å². The lowest BCUT2D eigenvalue weighted by Crippen LogP contribution is -2.51. The molecule has 0 aliphatic rings. The van der Waals surface area contributed by atoms with Gasteiger partial charge in [-0.15, -0.1) is 0 Å². The molecule has 3 aromatic carbocycles. The van der Waals surface area contributed by atoms with Crippen LogP contribution >= 0.6 is 0 Å². The zero-order valence-corrected chi connectivity index (χ0v) is 22.7. The summed E-state index contributed by atoms with van der Waals surface area (Å²) in [5, 5.41) is 5.94. The molecule has 3 rings (SSSR count). The Morgan fingerprint density at radius 2 is 1.21 bits per heavy atom. The molecular weight excluding hydrogens is 492 g/mol. The molecule has 0 heterocycles. The average molecular weight is 529 g/mol. The van der Waals surface area contributed by atoms with E-state index in [1.165, 1.54) is 7.11 Å². The first-order valence-corrected chi connectivity index (χ1v) is 13.2. The fraction of sp³-hybridized carbons (Fsp3) is 0.312. The van der Waals surface area contributed by atoms with Gasteiger partial charge in [0.1, 0.15) is 5.54 Å². The van der Waals surface area contributed by atoms with Crippen molar-refractivity contribution in [3.8, 4) is 0 Å². The molecule has 0 aliphatic carbocycles. The number of esters is 1. The second-order valence-corrected chi connectivity index (χ2v) is 9.57. The monoisotopic (exact) mass is 528 g/mol. The Kier molecular flexibility index (Phi) is 10.6. The van der Waals surface area contributed by atoms with Crippen molar-refractivity contribution in [3.63, 3.8) is 0 Å². The van der Waals surface area contributed by atoms with Gasteiger partial charge in [0, 0.05) is 12.8 Å². The third-order valence-electron chi connectivity index (χ3n) is 6.65. The average Bonchev–Trinajstić information content (AvgIpc) is 2.96. The van der Waals surface area contributed by atoms with Gasteiger partial charge in [-0.25, -0.2) is 0 Å². The van der Waals surface area contributed by atoms with Crippen LogP contribution < -0.4 is 10.6 Å². The van der Waals surface area contributed by atoms with Crippen molar-refractivity contribution in [2.75, 3.05) is 7.11 Å². The van der Waals surface area contributed by atoms with Gasteiger partial charge >= 0.3 is 5.97 Å². The van der Waals surface area contributed by atoms with Gasteiger partial charge in [0.05, 0.1) is 25.5 Å². The van der Waals surface area contributed by atoms with Crippen molar-refractivity contribution >= 4 is 23.6 Å². The smallest absolute Gasteiger partial charge is 0.308 e. The van der Waals surface area contributed by atoms with Crippen molar-refractivity contribution in [1.29, 1.82) is 0 Å². The maximum absolute atomic E-state index is 13.8. The van der Waals surface area contributed by atoms with Crippen LogP contribution in [0.1, 0.15) is 56.2 Å². The first-order valence-electron chi connectivity index (χ1n) is 13.2. The minimum atomic E-state index is -1.09. The van der Waals surface area contributed by atoms with Gasteiger partial charge in [-0.3, -0.25) is 19.2 Å². The van der Waals surface area contributed by atoms with Gasteiger partial charge < -0.3 is 15.4 Å². The minimum Gasteiger partial charge on any atom is -0.469 e. The SMILES string of the molecule is CCCC(=O)N[C@H](CC(=O)NC(c1ccccc1)(c1ccccc1)c1ccccc1)C(=O)C[C@@H](C)C(=O)OC. The van der Waals surface area contributed by atoms with Gasteiger partial charge in [0.2, 0.25) is 11.8 Å². The number of ketones is 1. The molecule has 0 spiro atoms. The molecule has 0 bridgehead atoms. The van der Waals surface area contributed by atoms with Crippen LogP contribution in [-0.4, -0.2) is 36.7 Å². The molecular formula is C32H36N2O5. The largest absolute Gasteiger partial charge is 0.469 e. The summed E-state index contributed by atoms with van der Waals surface area (Å²) < 4.78 is 4.75. The molecule has 0 saturated heterocycles. The third kappa shape index (κ3) is 7.41. The lowest BCUT2D eigenvalue weighted by atomic mass is 9.76. The van der Waals surface area contributed by atoms with Crippen LogP contribution in [0.3, 0.4) is 0 Å². The Labute approximate surface area is 230 Å². The molecule has 2 amide bonds. The highest BCUT2D eigenvalue weighted by atomic mass is 16.5. The zero-order chi connectivity index (χ0) is 28.3. The Morgan fingerprint density at radius 3 is 1.62 bits per heavy atom. The maximum Gasteiger partial charge on any atom is 0.308 e. The third-order valence-corrected chi connectivity index (χ3v) is 6.65. The predicted octanol–water partition coefficient (Wildman–Crippen LogP) is 4.54. The van der Waals surface area contributed by atoms with Gasteiger partial charge in [0.15, 0.2) is 5.78 Å². The number of methoxy groups -OCH3 is 1. The molecule has 0 saturated carbocycles. The molecule has 7 heteroatoms. The summed E-state index contributed by atoms with van der Waals surface area (Å²) in [5.74, 6) is -2.38. The molecule has 0 aromatic heterocycles. The summed E-state index contributed by atoms with van der Waals surface area (Å²) in [6.45, 7) is 3.44. The van der Waals surface area contributed by atoms with Crippen LogP contribution in [0.25, 0.3) is 0 Å². The highest BCUT2D eigenvalue weighted by Gasteiger charge is 2.39. The summed E-state index contributed by atoms with van der Waals surface area (Å²) in [5.41, 5.74) is 1.47. The van der Waals surface area contributed by atoms with Crippen molar-refractivity contribution in [3.05, 3.63) is 108 Å². The molecule has 2 N–H and O–H groups in total. The lowest BCUT2D eigenvalue weighted by molar-refractivity contribution is -0.146. The molecule has 39 heavy (non-hydrogen) atoms. The number of Topliss-reactive ketones (excluding diaryl/α,β-unsaturated/α-hetero) is 1. The number of benzene rings is 3. The van der Waals surface area contributed by atoms with E-state index in [4.69, 9.17) is 4.74 Å². The number of carbonyl (C=O) groups is 4. The normalized spacial score (nSPS) is 12.6. The van der Waals surface area contributed by atoms with E-state index < -0.39 is 35.2 Å². The number of hydrogen-bond acceptors (Lipinski definition) is 5. The Morgan fingerprint density at radius 1 is 0.744 bits per heavy atom. The number of hydrogen-bond donors (Lipinski definition) is 2. The molecule has 0 fully saturated rings. The van der Waals surface area contributed by atoms with Crippen LogP contribution in [0.5, 0.6) is 0 Å². The van der Waals surface area contributed by atoms with Crippen molar-refractivity contribution in [2.24, 2.45) is 5.92 Å². The molecule has 0 aliphatic heterocycles. The van der Waals surface area contributed by atoms with Gasteiger partial charge in [-0.05, 0) is 23.1 Å². The molecule has 7 nitrogen and oxygen atoms in total. The molecule has 0 unspecified atom stereocenters. The Bertz CT molecular complexity index is 1150. The molecule has 0 radical (unpaired) electrons. The van der Waals surface area contributed by atoms with Crippen LogP contribution in [0.15, 0.2) is 91.0 Å². The highest BCUT2D eigenvalue weighted by Crippen LogP contribution is 2.37. The van der Waals surface area contributed by atoms with E-state index in [0.717, 1.165) is 16.7 Å². The Hall–Kier alpha value is -4.26. The number of nitrogens with one attached hydrogen (secondary N) is 2. The van der Waals surface area contributed by atoms with Gasteiger partial charge in [0.25, 0.3) is 0 Å². The quantitative estimate of drug-likeness (QED) is 0.251. The summed E-state index contributed by atoms with van der Waals surface area (Å²) in [6, 6.07) is 27.8. The van der Waals surface area contributed by atoms with E-state index in [9.17, 15) is 19.2 Å². The molecule has 204 valence electrons. The van der Waals surface area contributed by atoms with Crippen LogP contribution in [-0.2, 0) is 29.5 Å². The predicted molar refractivity (Wildman–Crippen MR) is 150 cm³/mol. The first-order chi connectivity index (χ1) is 18.8. The second kappa shape index (κ2) is 14.0. The number of amides is 2. The standard InChI is InChI=1S/C32H36N2O5/c1-4-14-29(36)33-27(28(35)21-23(2)31(38)39-3)22-30(37)34-32(24-15-8-5-9-16-24,25-17-10-6-11-18-25)26-19-12-7-13-20-26/h5-13,15-20,23,27H,4,14,21-22H2,1-3H3,(H,33,36)(H,34,37)/t23-,27-/m1/s1. The maximum atomic E-state index is 13.8. The van der Waals surface area contributed by atoms with E-state index in [0.29, 0.717) is 6.42 Å². The highest BCUT2D eigenvalue weighted by molar-refractivity contribution is 5.95. The van der Waals surface area contributed by atoms with E-state index in [-0.39, 0.29) is 25.2 Å². The van der Waals surface area contributed by atoms with Crippen molar-refractivity contribution in [2.45, 2.75) is 51.1 Å². The first kappa shape index (κ1) is 29.3. The van der Waals surface area contributed by atoms with Crippen molar-refractivity contribution in [1.82, 2.24) is 10.6 Å². The number of carbonyl (C=O) groups excluding carboxylic acids is 4. The van der Waals surface area contributed by atoms with E-state index in [2.05, 4.69) is 10.6 Å². The van der Waals surface area contributed by atoms with Gasteiger partial charge in [-0.2, -0.15) is 0 Å². The molecule has 2 atom stereocenters. The van der Waals surface area contributed by atoms with Crippen LogP contribution in [0.4, 0.5) is 0 Å². The number of ether oxygens (including phenoxy) is 1. The summed E-state index contributed by atoms with van der Waals surface area (Å²) in [6.07, 6.45) is 0.380. The second-order valence-electron chi connectivity index (χ2n) is 9.57. The lowest BCUT2D eigenvalue weighted by Gasteiger charge is -2.37. The fourth-order valence-corrected chi connectivity index (χ4v) is 4.69. The summed E-state index contributed by atoms with van der Waals surface area (Å²) >= 11 is 0. The van der Waals surface area contributed by atoms with Crippen molar-refractivity contribution < 1.29 is 23.9 Å². The fourth-order valence-electron chi connectivity index (χ4n) is 4.69. The zero-order valence-electron chi connectivity index (χ0n) is 22.7.